The Labute approximate surface area is 159 Å². The van der Waals surface area contributed by atoms with Gasteiger partial charge in [0.05, 0.1) is 13.1 Å². The number of benzene rings is 2. The molecule has 1 saturated carbocycles. The molecule has 0 heterocycles. The molecular weight excluding hydrogens is 342 g/mol. The van der Waals surface area contributed by atoms with Crippen molar-refractivity contribution in [2.75, 3.05) is 25.0 Å². The first-order valence-electron chi connectivity index (χ1n) is 9.22. The second kappa shape index (κ2) is 9.07. The van der Waals surface area contributed by atoms with E-state index < -0.39 is 0 Å². The highest BCUT2D eigenvalue weighted by Crippen LogP contribution is 2.21. The zero-order valence-electron chi connectivity index (χ0n) is 15.5. The standard InChI is InChI=1S/C21H25N3O3/c1-15-7-8-16(21(26)24-17-9-10-17)13-19(15)23-14-20(25)22-11-12-27-18-5-3-2-4-6-18/h2-8,13,17,23H,9-12,14H2,1H3,(H,22,25)(H,24,26). The summed E-state index contributed by atoms with van der Waals surface area (Å²) in [7, 11) is 0. The largest absolute Gasteiger partial charge is 0.492 e. The lowest BCUT2D eigenvalue weighted by atomic mass is 10.1. The molecule has 3 N–H and O–H groups in total. The van der Waals surface area contributed by atoms with Crippen molar-refractivity contribution < 1.29 is 14.3 Å². The van der Waals surface area contributed by atoms with E-state index in [1.54, 1.807) is 12.1 Å². The average Bonchev–Trinajstić information content (AvgIpc) is 3.49. The van der Waals surface area contributed by atoms with Gasteiger partial charge >= 0.3 is 0 Å². The molecule has 27 heavy (non-hydrogen) atoms. The first-order valence-corrected chi connectivity index (χ1v) is 9.22. The van der Waals surface area contributed by atoms with Crippen molar-refractivity contribution in [3.8, 4) is 5.75 Å². The number of hydrogen-bond donors (Lipinski definition) is 3. The number of amides is 2. The Morgan fingerprint density at radius 2 is 1.89 bits per heavy atom. The quantitative estimate of drug-likeness (QED) is 0.595. The Bertz CT molecular complexity index is 789. The van der Waals surface area contributed by atoms with E-state index in [4.69, 9.17) is 4.74 Å². The van der Waals surface area contributed by atoms with E-state index in [0.717, 1.165) is 29.8 Å². The van der Waals surface area contributed by atoms with Crippen LogP contribution in [0.25, 0.3) is 0 Å². The van der Waals surface area contributed by atoms with Gasteiger partial charge in [0.2, 0.25) is 5.91 Å². The van der Waals surface area contributed by atoms with Gasteiger partial charge in [-0.2, -0.15) is 0 Å². The summed E-state index contributed by atoms with van der Waals surface area (Å²) >= 11 is 0. The third kappa shape index (κ3) is 6.02. The third-order valence-corrected chi connectivity index (χ3v) is 4.29. The van der Waals surface area contributed by atoms with Crippen LogP contribution < -0.4 is 20.7 Å². The summed E-state index contributed by atoms with van der Waals surface area (Å²) in [6, 6.07) is 15.3. The van der Waals surface area contributed by atoms with Crippen molar-refractivity contribution in [3.05, 3.63) is 59.7 Å². The summed E-state index contributed by atoms with van der Waals surface area (Å²) in [6.45, 7) is 2.92. The smallest absolute Gasteiger partial charge is 0.251 e. The molecule has 0 radical (unpaired) electrons. The van der Waals surface area contributed by atoms with Crippen LogP contribution in [0.4, 0.5) is 5.69 Å². The minimum absolute atomic E-state index is 0.0666. The van der Waals surface area contributed by atoms with Crippen LogP contribution in [0.2, 0.25) is 0 Å². The molecule has 2 aromatic carbocycles. The van der Waals surface area contributed by atoms with Crippen LogP contribution in [-0.2, 0) is 4.79 Å². The van der Waals surface area contributed by atoms with Gasteiger partial charge in [-0.25, -0.2) is 0 Å². The summed E-state index contributed by atoms with van der Waals surface area (Å²) in [5, 5.41) is 8.88. The van der Waals surface area contributed by atoms with Crippen molar-refractivity contribution in [1.82, 2.24) is 10.6 Å². The lowest BCUT2D eigenvalue weighted by Crippen LogP contribution is -2.33. The average molecular weight is 367 g/mol. The molecule has 0 aromatic heterocycles. The molecule has 2 amide bonds. The predicted octanol–water partition coefficient (Wildman–Crippen LogP) is 2.49. The predicted molar refractivity (Wildman–Crippen MR) is 105 cm³/mol. The molecule has 2 aromatic rings. The van der Waals surface area contributed by atoms with Crippen molar-refractivity contribution in [2.45, 2.75) is 25.8 Å². The normalized spacial score (nSPS) is 12.9. The number of hydrogen-bond acceptors (Lipinski definition) is 4. The Morgan fingerprint density at radius 3 is 2.63 bits per heavy atom. The molecule has 0 bridgehead atoms. The van der Waals surface area contributed by atoms with E-state index in [9.17, 15) is 9.59 Å². The highest BCUT2D eigenvalue weighted by molar-refractivity contribution is 5.95. The van der Waals surface area contributed by atoms with Gasteiger partial charge in [0.1, 0.15) is 12.4 Å². The second-order valence-electron chi connectivity index (χ2n) is 6.64. The van der Waals surface area contributed by atoms with Gasteiger partial charge in [-0.15, -0.1) is 0 Å². The number of nitrogens with one attached hydrogen (secondary N) is 3. The van der Waals surface area contributed by atoms with E-state index in [1.165, 1.54) is 0 Å². The molecule has 1 fully saturated rings. The Morgan fingerprint density at radius 1 is 1.11 bits per heavy atom. The van der Waals surface area contributed by atoms with Crippen molar-refractivity contribution in [1.29, 1.82) is 0 Å². The highest BCUT2D eigenvalue weighted by atomic mass is 16.5. The number of rotatable bonds is 9. The van der Waals surface area contributed by atoms with Crippen molar-refractivity contribution >= 4 is 17.5 Å². The fourth-order valence-electron chi connectivity index (χ4n) is 2.56. The van der Waals surface area contributed by atoms with Gasteiger partial charge in [-0.05, 0) is 49.6 Å². The summed E-state index contributed by atoms with van der Waals surface area (Å²) in [6.07, 6.45) is 2.10. The summed E-state index contributed by atoms with van der Waals surface area (Å²) < 4.78 is 5.54. The van der Waals surface area contributed by atoms with Crippen LogP contribution in [0, 0.1) is 6.92 Å². The van der Waals surface area contributed by atoms with Gasteiger partial charge in [0, 0.05) is 17.3 Å². The maximum atomic E-state index is 12.2. The van der Waals surface area contributed by atoms with E-state index in [0.29, 0.717) is 24.8 Å². The first kappa shape index (κ1) is 18.8. The lowest BCUT2D eigenvalue weighted by Gasteiger charge is -2.12. The fraction of sp³-hybridized carbons (Fsp3) is 0.333. The molecule has 1 aliphatic rings. The minimum Gasteiger partial charge on any atom is -0.492 e. The molecule has 0 unspecified atom stereocenters. The molecule has 0 saturated heterocycles. The second-order valence-corrected chi connectivity index (χ2v) is 6.64. The first-order chi connectivity index (χ1) is 13.1. The maximum Gasteiger partial charge on any atom is 0.251 e. The summed E-state index contributed by atoms with van der Waals surface area (Å²) in [5.41, 5.74) is 2.37. The van der Waals surface area contributed by atoms with Crippen LogP contribution in [0.5, 0.6) is 5.75 Å². The Hall–Kier alpha value is -3.02. The zero-order chi connectivity index (χ0) is 19.1. The van der Waals surface area contributed by atoms with Crippen LogP contribution in [0.1, 0.15) is 28.8 Å². The molecule has 6 nitrogen and oxygen atoms in total. The van der Waals surface area contributed by atoms with Crippen molar-refractivity contribution in [2.24, 2.45) is 0 Å². The van der Waals surface area contributed by atoms with Crippen LogP contribution in [0.15, 0.2) is 48.5 Å². The van der Waals surface area contributed by atoms with E-state index in [-0.39, 0.29) is 18.4 Å². The fourth-order valence-corrected chi connectivity index (χ4v) is 2.56. The third-order valence-electron chi connectivity index (χ3n) is 4.29. The molecule has 1 aliphatic carbocycles. The Balaban J connectivity index is 1.41. The number of para-hydroxylation sites is 1. The molecule has 142 valence electrons. The Kier molecular flexibility index (Phi) is 6.30. The minimum atomic E-state index is -0.126. The number of anilines is 1. The van der Waals surface area contributed by atoms with Gasteiger partial charge < -0.3 is 20.7 Å². The summed E-state index contributed by atoms with van der Waals surface area (Å²) in [5.74, 6) is 0.587. The van der Waals surface area contributed by atoms with Gasteiger partial charge in [-0.3, -0.25) is 9.59 Å². The van der Waals surface area contributed by atoms with Crippen LogP contribution in [-0.4, -0.2) is 37.6 Å². The van der Waals surface area contributed by atoms with Crippen LogP contribution in [0.3, 0.4) is 0 Å². The maximum absolute atomic E-state index is 12.2. The SMILES string of the molecule is Cc1ccc(C(=O)NC2CC2)cc1NCC(=O)NCCOc1ccccc1. The number of carbonyl (C=O) groups excluding carboxylic acids is 2. The molecular formula is C21H25N3O3. The van der Waals surface area contributed by atoms with Crippen molar-refractivity contribution in [3.63, 3.8) is 0 Å². The van der Waals surface area contributed by atoms with Crippen LogP contribution >= 0.6 is 0 Å². The number of carbonyl (C=O) groups is 2. The molecule has 0 atom stereocenters. The monoisotopic (exact) mass is 367 g/mol. The van der Waals surface area contributed by atoms with Gasteiger partial charge in [-0.1, -0.05) is 24.3 Å². The van der Waals surface area contributed by atoms with E-state index in [1.807, 2.05) is 43.3 Å². The molecule has 3 rings (SSSR count). The van der Waals surface area contributed by atoms with Gasteiger partial charge in [0.25, 0.3) is 5.91 Å². The highest BCUT2D eigenvalue weighted by Gasteiger charge is 2.23. The van der Waals surface area contributed by atoms with E-state index >= 15 is 0 Å². The summed E-state index contributed by atoms with van der Waals surface area (Å²) in [4.78, 5) is 24.2. The molecule has 6 heteroatoms. The van der Waals surface area contributed by atoms with Gasteiger partial charge in [0.15, 0.2) is 0 Å². The van der Waals surface area contributed by atoms with E-state index in [2.05, 4.69) is 16.0 Å². The zero-order valence-corrected chi connectivity index (χ0v) is 15.5. The topological polar surface area (TPSA) is 79.5 Å². The molecule has 0 aliphatic heterocycles. The lowest BCUT2D eigenvalue weighted by molar-refractivity contribution is -0.119. The number of ether oxygens (including phenoxy) is 1. The molecule has 0 spiro atoms. The number of aryl methyl sites for hydroxylation is 1.